The van der Waals surface area contributed by atoms with E-state index < -0.39 is 0 Å². The molecule has 0 bridgehead atoms. The van der Waals surface area contributed by atoms with E-state index in [0.29, 0.717) is 5.56 Å². The molecule has 42 valence electrons. The van der Waals surface area contributed by atoms with Crippen molar-refractivity contribution in [1.29, 1.82) is 0 Å². The molecule has 0 unspecified atom stereocenters. The normalized spacial score (nSPS) is 14.4. The lowest BCUT2D eigenvalue weighted by molar-refractivity contribution is 1.28. The highest BCUT2D eigenvalue weighted by molar-refractivity contribution is 5.36. The van der Waals surface area contributed by atoms with Crippen LogP contribution in [0, 0.1) is 6.92 Å². The summed E-state index contributed by atoms with van der Waals surface area (Å²) in [6.45, 7) is 1.61. The van der Waals surface area contributed by atoms with E-state index in [4.69, 9.17) is 9.85 Å². The number of rotatable bonds is 0. The first kappa shape index (κ1) is 2.49. The molecule has 2 nitrogen and oxygen atoms in total. The minimum Gasteiger partial charge on any atom is -0.383 e. The number of nitrogen functional groups attached to an aromatic ring is 1. The first-order chi connectivity index (χ1) is 5.04. The number of aromatic nitrogens is 1. The van der Waals surface area contributed by atoms with Crippen LogP contribution in [0.25, 0.3) is 0 Å². The fourth-order valence-electron chi connectivity index (χ4n) is 0.358. The Balaban J connectivity index is 3.46. The Kier molecular flexibility index (Phi) is 0.565. The minimum absolute atomic E-state index is 0.0116. The van der Waals surface area contributed by atoms with Gasteiger partial charge >= 0.3 is 0 Å². The molecular weight excluding hydrogens is 100 g/mol. The summed E-state index contributed by atoms with van der Waals surface area (Å²) in [6.07, 6.45) is -0.238. The lowest BCUT2D eigenvalue weighted by atomic mass is 10.3. The number of nitrogens with zero attached hydrogens (tertiary/aromatic N) is 1. The summed E-state index contributed by atoms with van der Waals surface area (Å²) >= 11 is 0. The van der Waals surface area contributed by atoms with Crippen molar-refractivity contribution in [1.82, 2.24) is 4.98 Å². The van der Waals surface area contributed by atoms with Gasteiger partial charge in [-0.3, -0.25) is 0 Å². The van der Waals surface area contributed by atoms with E-state index in [1.807, 2.05) is 0 Å². The van der Waals surface area contributed by atoms with Gasteiger partial charge in [0.15, 0.2) is 0 Å². The van der Waals surface area contributed by atoms with Gasteiger partial charge in [-0.05, 0) is 18.5 Å². The third kappa shape index (κ3) is 0.780. The van der Waals surface area contributed by atoms with Gasteiger partial charge in [-0.1, -0.05) is 6.04 Å². The van der Waals surface area contributed by atoms with Gasteiger partial charge in [-0.25, -0.2) is 4.98 Å². The van der Waals surface area contributed by atoms with E-state index in [0.717, 1.165) is 0 Å². The minimum atomic E-state index is -0.238. The van der Waals surface area contributed by atoms with Crippen molar-refractivity contribution in [2.75, 3.05) is 5.73 Å². The van der Waals surface area contributed by atoms with Gasteiger partial charge in [-0.15, -0.1) is 0 Å². The third-order valence-corrected chi connectivity index (χ3v) is 0.866. The van der Waals surface area contributed by atoms with Gasteiger partial charge in [-0.2, -0.15) is 0 Å². The lowest BCUT2D eigenvalue weighted by Gasteiger charge is -1.92. The van der Waals surface area contributed by atoms with Gasteiger partial charge in [0.25, 0.3) is 0 Å². The Morgan fingerprint density at radius 1 is 1.88 bits per heavy atom. The van der Waals surface area contributed by atoms with Crippen LogP contribution in [0.1, 0.15) is 9.68 Å². The van der Waals surface area contributed by atoms with Gasteiger partial charge in [0, 0.05) is 6.17 Å². The van der Waals surface area contributed by atoms with Gasteiger partial charge in [0.05, 0.1) is 4.11 Å². The Bertz CT molecular complexity index is 272. The van der Waals surface area contributed by atoms with E-state index in [1.54, 1.807) is 6.92 Å². The molecule has 0 saturated carbocycles. The largest absolute Gasteiger partial charge is 0.383 e. The van der Waals surface area contributed by atoms with Crippen LogP contribution in [0.2, 0.25) is 0 Å². The molecule has 2 N–H and O–H groups in total. The molecule has 0 aliphatic rings. The van der Waals surface area contributed by atoms with Crippen molar-refractivity contribution in [3.63, 3.8) is 0 Å². The maximum atomic E-state index is 7.30. The SMILES string of the molecule is [2H]c1nc(N)c(C)c([2H])c1[2H]. The van der Waals surface area contributed by atoms with Crippen molar-refractivity contribution >= 4 is 5.82 Å². The Hall–Kier alpha value is -1.05. The molecule has 0 saturated heterocycles. The number of hydrogen-bond acceptors (Lipinski definition) is 2. The molecule has 0 atom stereocenters. The number of nitrogens with two attached hydrogens (primary N) is 1. The zero-order valence-corrected chi connectivity index (χ0v) is 4.52. The molecule has 0 spiro atoms. The zero-order chi connectivity index (χ0) is 8.59. The molecule has 8 heavy (non-hydrogen) atoms. The smallest absolute Gasteiger partial charge is 0.126 e. The quantitative estimate of drug-likeness (QED) is 0.541. The lowest BCUT2D eigenvalue weighted by Crippen LogP contribution is -1.90. The number of anilines is 1. The second kappa shape index (κ2) is 1.82. The van der Waals surface area contributed by atoms with E-state index in [2.05, 4.69) is 4.98 Å². The van der Waals surface area contributed by atoms with E-state index in [-0.39, 0.29) is 24.1 Å². The van der Waals surface area contributed by atoms with Gasteiger partial charge < -0.3 is 5.73 Å². The van der Waals surface area contributed by atoms with Crippen molar-refractivity contribution in [2.45, 2.75) is 6.92 Å². The van der Waals surface area contributed by atoms with Crippen LogP contribution in [0.4, 0.5) is 5.82 Å². The Morgan fingerprint density at radius 2 is 2.62 bits per heavy atom. The summed E-state index contributed by atoms with van der Waals surface area (Å²) < 4.78 is 21.6. The fourth-order valence-corrected chi connectivity index (χ4v) is 0.358. The van der Waals surface area contributed by atoms with Crippen LogP contribution in [-0.4, -0.2) is 4.98 Å². The van der Waals surface area contributed by atoms with Crippen molar-refractivity contribution < 1.29 is 4.11 Å². The van der Waals surface area contributed by atoms with E-state index in [1.165, 1.54) is 0 Å². The summed E-state index contributed by atoms with van der Waals surface area (Å²) in [5, 5.41) is 0. The molecule has 0 radical (unpaired) electrons. The molecule has 1 aromatic rings. The number of pyridine rings is 1. The zero-order valence-electron chi connectivity index (χ0n) is 7.52. The van der Waals surface area contributed by atoms with E-state index in [9.17, 15) is 0 Å². The van der Waals surface area contributed by atoms with Crippen molar-refractivity contribution in [2.24, 2.45) is 0 Å². The molecular formula is C6H8N2. The first-order valence-electron chi connectivity index (χ1n) is 3.74. The highest BCUT2D eigenvalue weighted by atomic mass is 14.8. The van der Waals surface area contributed by atoms with Crippen LogP contribution in [0.5, 0.6) is 0 Å². The highest BCUT2D eigenvalue weighted by Crippen LogP contribution is 2.01. The summed E-state index contributed by atoms with van der Waals surface area (Å²) in [5.41, 5.74) is 5.82. The highest BCUT2D eigenvalue weighted by Gasteiger charge is 1.86. The molecule has 0 aliphatic heterocycles. The third-order valence-electron chi connectivity index (χ3n) is 0.866. The standard InChI is InChI=1S/C6H8N2/c1-5-3-2-4-8-6(5)7/h2-4H,1H3,(H2,7,8)/i2D,3D,4D. The van der Waals surface area contributed by atoms with Gasteiger partial charge in [0.1, 0.15) is 5.82 Å². The van der Waals surface area contributed by atoms with Crippen molar-refractivity contribution in [3.05, 3.63) is 23.8 Å². The molecule has 0 aliphatic carbocycles. The van der Waals surface area contributed by atoms with Crippen LogP contribution < -0.4 is 5.73 Å². The summed E-state index contributed by atoms with van der Waals surface area (Å²) in [4.78, 5) is 3.57. The molecule has 1 heterocycles. The molecule has 0 amide bonds. The summed E-state index contributed by atoms with van der Waals surface area (Å²) in [6, 6.07) is -0.181. The van der Waals surface area contributed by atoms with Gasteiger partial charge in [0.2, 0.25) is 0 Å². The second-order valence-electron chi connectivity index (χ2n) is 1.48. The second-order valence-corrected chi connectivity index (χ2v) is 1.48. The average molecular weight is 111 g/mol. The molecule has 1 rings (SSSR count). The van der Waals surface area contributed by atoms with E-state index >= 15 is 0 Å². The van der Waals surface area contributed by atoms with Crippen molar-refractivity contribution in [3.8, 4) is 0 Å². The molecule has 0 fully saturated rings. The molecule has 1 aromatic heterocycles. The average Bonchev–Trinajstić information content (AvgIpc) is 1.97. The monoisotopic (exact) mass is 111 g/mol. The molecule has 0 aromatic carbocycles. The van der Waals surface area contributed by atoms with Crippen LogP contribution in [-0.2, 0) is 0 Å². The van der Waals surface area contributed by atoms with Crippen LogP contribution >= 0.6 is 0 Å². The maximum absolute atomic E-state index is 7.30. The summed E-state index contributed by atoms with van der Waals surface area (Å²) in [7, 11) is 0. The topological polar surface area (TPSA) is 38.9 Å². The Labute approximate surface area is 52.6 Å². The Morgan fingerprint density at radius 3 is 3.38 bits per heavy atom. The molecule has 2 heteroatoms. The number of hydrogen-bond donors (Lipinski definition) is 1. The summed E-state index contributed by atoms with van der Waals surface area (Å²) in [5.74, 6) is 0.163. The predicted octanol–water partition coefficient (Wildman–Crippen LogP) is 0.972. The van der Waals surface area contributed by atoms with Crippen LogP contribution in [0.3, 0.4) is 0 Å². The first-order valence-corrected chi connectivity index (χ1v) is 2.24. The predicted molar refractivity (Wildman–Crippen MR) is 33.4 cm³/mol. The van der Waals surface area contributed by atoms with Crippen LogP contribution in [0.15, 0.2) is 18.3 Å². The maximum Gasteiger partial charge on any atom is 0.126 e. The fraction of sp³-hybridized carbons (Fsp3) is 0.167.